The first-order chi connectivity index (χ1) is 16.0. The van der Waals surface area contributed by atoms with Crippen molar-refractivity contribution in [3.63, 3.8) is 0 Å². The van der Waals surface area contributed by atoms with Crippen LogP contribution in [0.3, 0.4) is 0 Å². The Morgan fingerprint density at radius 2 is 1.88 bits per heavy atom. The number of piperidine rings is 2. The van der Waals surface area contributed by atoms with Crippen LogP contribution in [0.4, 0.5) is 11.6 Å². The predicted octanol–water partition coefficient (Wildman–Crippen LogP) is 0.586. The molecule has 0 bridgehead atoms. The quantitative estimate of drug-likeness (QED) is 0.279. The van der Waals surface area contributed by atoms with Gasteiger partial charge in [-0.25, -0.2) is 0 Å². The number of piperazine rings is 1. The maximum atomic E-state index is 12.0. The molecule has 0 spiro atoms. The van der Waals surface area contributed by atoms with Crippen molar-refractivity contribution < 1.29 is 9.59 Å². The second kappa shape index (κ2) is 11.5. The molecule has 1 atom stereocenters. The van der Waals surface area contributed by atoms with E-state index in [1.54, 1.807) is 0 Å². The molecule has 1 aromatic heterocycles. The van der Waals surface area contributed by atoms with Crippen LogP contribution in [0.15, 0.2) is 6.07 Å². The minimum Gasteiger partial charge on any atom is -0.357 e. The Balaban J connectivity index is 1.18. The van der Waals surface area contributed by atoms with Crippen molar-refractivity contribution in [2.75, 3.05) is 61.8 Å². The number of rotatable bonds is 8. The van der Waals surface area contributed by atoms with Crippen LogP contribution in [-0.2, 0) is 9.59 Å². The summed E-state index contributed by atoms with van der Waals surface area (Å²) >= 11 is 1.98. The van der Waals surface area contributed by atoms with Crippen molar-refractivity contribution in [1.29, 1.82) is 0 Å². The lowest BCUT2D eigenvalue weighted by Crippen LogP contribution is -2.48. The summed E-state index contributed by atoms with van der Waals surface area (Å²) in [4.78, 5) is 28.1. The van der Waals surface area contributed by atoms with E-state index in [1.807, 2.05) is 24.9 Å². The van der Waals surface area contributed by atoms with Gasteiger partial charge in [0.05, 0.1) is 0 Å². The summed E-state index contributed by atoms with van der Waals surface area (Å²) in [5, 5.41) is 14.2. The number of nitrogens with two attached hydrogens (primary N) is 1. The van der Waals surface area contributed by atoms with Crippen LogP contribution < -0.4 is 21.3 Å². The third-order valence-electron chi connectivity index (χ3n) is 6.58. The summed E-state index contributed by atoms with van der Waals surface area (Å²) in [6.07, 6.45) is 4.24. The first-order valence-electron chi connectivity index (χ1n) is 12.0. The van der Waals surface area contributed by atoms with Gasteiger partial charge in [0.2, 0.25) is 11.8 Å². The summed E-state index contributed by atoms with van der Waals surface area (Å²) < 4.78 is 2.47. The molecule has 0 radical (unpaired) electrons. The zero-order chi connectivity index (χ0) is 23.2. The van der Waals surface area contributed by atoms with Crippen molar-refractivity contribution in [2.24, 2.45) is 5.73 Å². The number of amides is 2. The van der Waals surface area contributed by atoms with Crippen LogP contribution in [0.5, 0.6) is 0 Å². The van der Waals surface area contributed by atoms with Gasteiger partial charge in [-0.2, -0.15) is 0 Å². The molecular weight excluding hydrogens is 440 g/mol. The van der Waals surface area contributed by atoms with E-state index in [0.717, 1.165) is 70.0 Å². The average molecular weight is 477 g/mol. The molecule has 2 amide bonds. The number of imide groups is 1. The number of nitrogens with one attached hydrogen (secondary N) is 2. The van der Waals surface area contributed by atoms with E-state index in [2.05, 4.69) is 34.9 Å². The highest BCUT2D eigenvalue weighted by Gasteiger charge is 2.27. The summed E-state index contributed by atoms with van der Waals surface area (Å²) in [7, 11) is 0. The highest BCUT2D eigenvalue weighted by atomic mass is 32.2. The number of nitrogens with zero attached hydrogens (tertiary/aromatic N) is 5. The Morgan fingerprint density at radius 3 is 2.58 bits per heavy atom. The third kappa shape index (κ3) is 6.78. The fourth-order valence-electron chi connectivity index (χ4n) is 4.54. The first kappa shape index (κ1) is 24.2. The van der Waals surface area contributed by atoms with E-state index in [9.17, 15) is 9.59 Å². The average Bonchev–Trinajstić information content (AvgIpc) is 2.80. The van der Waals surface area contributed by atoms with E-state index < -0.39 is 6.04 Å². The number of hydrogen-bond donors (Lipinski definition) is 3. The van der Waals surface area contributed by atoms with Crippen LogP contribution in [0.1, 0.15) is 37.7 Å². The number of aromatic nitrogens is 2. The molecule has 0 aromatic carbocycles. The topological polar surface area (TPSA) is 120 Å². The molecule has 4 N–H and O–H groups in total. The molecule has 1 unspecified atom stereocenters. The molecule has 3 aliphatic rings. The number of carbonyl (C=O) groups is 2. The lowest BCUT2D eigenvalue weighted by Gasteiger charge is -2.36. The van der Waals surface area contributed by atoms with E-state index in [1.165, 1.54) is 12.2 Å². The van der Waals surface area contributed by atoms with Crippen LogP contribution in [0.25, 0.3) is 0 Å². The Morgan fingerprint density at radius 1 is 1.12 bits per heavy atom. The fraction of sp³-hybridized carbons (Fsp3) is 0.727. The molecule has 3 aliphatic heterocycles. The molecule has 11 heteroatoms. The van der Waals surface area contributed by atoms with E-state index in [-0.39, 0.29) is 11.8 Å². The first-order valence-corrected chi connectivity index (χ1v) is 13.0. The van der Waals surface area contributed by atoms with E-state index in [0.29, 0.717) is 24.7 Å². The molecule has 3 fully saturated rings. The van der Waals surface area contributed by atoms with Crippen LogP contribution in [-0.4, -0.2) is 94.9 Å². The zero-order valence-corrected chi connectivity index (χ0v) is 20.3. The third-order valence-corrected chi connectivity index (χ3v) is 7.78. The van der Waals surface area contributed by atoms with Crippen LogP contribution in [0.2, 0.25) is 0 Å². The number of hydrogen-bond acceptors (Lipinski definition) is 10. The second-order valence-electron chi connectivity index (χ2n) is 9.17. The Kier molecular flexibility index (Phi) is 8.39. The van der Waals surface area contributed by atoms with Crippen molar-refractivity contribution in [2.45, 2.75) is 51.1 Å². The summed E-state index contributed by atoms with van der Waals surface area (Å²) in [6.45, 7) is 9.32. The van der Waals surface area contributed by atoms with E-state index >= 15 is 0 Å². The highest BCUT2D eigenvalue weighted by Crippen LogP contribution is 2.22. The summed E-state index contributed by atoms with van der Waals surface area (Å²) in [5.41, 5.74) is 7.02. The molecule has 10 nitrogen and oxygen atoms in total. The standard InChI is InChI=1S/C22H36N8O2S/c1-16-15-19(24-18-3-4-20(31)25-22(18)32)26-27-21(16)29-12-10-28(11-13-29)7-2-14-33-30-8-5-17(23)6-9-30/h15,17-18H,2-14,23H2,1H3,(H,24,26)(H,25,31,32). The number of anilines is 2. The minimum atomic E-state index is -0.448. The Bertz CT molecular complexity index is 825. The SMILES string of the molecule is Cc1cc(NC2CCC(=O)NC2=O)nnc1N1CCN(CCCSN2CCC(N)CC2)CC1. The fourth-order valence-corrected chi connectivity index (χ4v) is 5.53. The normalized spacial score (nSPS) is 23.6. The summed E-state index contributed by atoms with van der Waals surface area (Å²) in [6, 6.07) is 1.88. The van der Waals surface area contributed by atoms with Crippen molar-refractivity contribution >= 4 is 35.4 Å². The van der Waals surface area contributed by atoms with Crippen LogP contribution >= 0.6 is 11.9 Å². The van der Waals surface area contributed by atoms with Gasteiger partial charge in [0.1, 0.15) is 11.9 Å². The lowest BCUT2D eigenvalue weighted by molar-refractivity contribution is -0.133. The molecule has 182 valence electrons. The molecular formula is C22H36N8O2S. The molecule has 4 heterocycles. The van der Waals surface area contributed by atoms with Gasteiger partial charge in [-0.05, 0) is 50.8 Å². The molecule has 3 saturated heterocycles. The van der Waals surface area contributed by atoms with Gasteiger partial charge in [0.15, 0.2) is 5.82 Å². The monoisotopic (exact) mass is 476 g/mol. The Hall–Kier alpha value is -1.95. The Labute approximate surface area is 200 Å². The van der Waals surface area contributed by atoms with E-state index in [4.69, 9.17) is 5.73 Å². The number of carbonyl (C=O) groups excluding carboxylic acids is 2. The van der Waals surface area contributed by atoms with Gasteiger partial charge in [-0.15, -0.1) is 10.2 Å². The zero-order valence-electron chi connectivity index (χ0n) is 19.5. The minimum absolute atomic E-state index is 0.222. The van der Waals surface area contributed by atoms with Gasteiger partial charge >= 0.3 is 0 Å². The van der Waals surface area contributed by atoms with Crippen molar-refractivity contribution in [3.05, 3.63) is 11.6 Å². The molecule has 1 aromatic rings. The van der Waals surface area contributed by atoms with Gasteiger partial charge in [0.25, 0.3) is 0 Å². The van der Waals surface area contributed by atoms with Gasteiger partial charge in [-0.3, -0.25) is 24.1 Å². The maximum absolute atomic E-state index is 12.0. The number of aryl methyl sites for hydroxylation is 1. The molecule has 0 saturated carbocycles. The van der Waals surface area contributed by atoms with Gasteiger partial charge in [0, 0.05) is 57.5 Å². The lowest BCUT2D eigenvalue weighted by atomic mass is 10.1. The maximum Gasteiger partial charge on any atom is 0.249 e. The smallest absolute Gasteiger partial charge is 0.249 e. The van der Waals surface area contributed by atoms with Crippen molar-refractivity contribution in [1.82, 2.24) is 24.7 Å². The van der Waals surface area contributed by atoms with Gasteiger partial charge in [-0.1, -0.05) is 11.9 Å². The second-order valence-corrected chi connectivity index (χ2v) is 10.3. The van der Waals surface area contributed by atoms with Crippen LogP contribution in [0, 0.1) is 6.92 Å². The predicted molar refractivity (Wildman–Crippen MR) is 131 cm³/mol. The summed E-state index contributed by atoms with van der Waals surface area (Å²) in [5.74, 6) is 2.12. The molecule has 0 aliphatic carbocycles. The van der Waals surface area contributed by atoms with Gasteiger partial charge < -0.3 is 16.0 Å². The largest absolute Gasteiger partial charge is 0.357 e. The molecule has 4 rings (SSSR count). The van der Waals surface area contributed by atoms with Crippen molar-refractivity contribution in [3.8, 4) is 0 Å². The highest BCUT2D eigenvalue weighted by molar-refractivity contribution is 7.97. The molecule has 33 heavy (non-hydrogen) atoms.